The van der Waals surface area contributed by atoms with Crippen molar-refractivity contribution < 1.29 is 18.3 Å². The highest BCUT2D eigenvalue weighted by Crippen LogP contribution is 2.42. The van der Waals surface area contributed by atoms with E-state index in [1.807, 2.05) is 13.8 Å². The molecular formula is C13H14O4S. The average molecular weight is 266 g/mol. The van der Waals surface area contributed by atoms with Crippen LogP contribution in [0.25, 0.3) is 6.08 Å². The number of hydrogen-bond donors (Lipinski definition) is 1. The SMILES string of the molecule is CC1=Cc2cc(C(C)C)c(C=O)c(O)c2S1(=O)=O. The molecule has 0 saturated carbocycles. The minimum absolute atomic E-state index is 0.0263. The van der Waals surface area contributed by atoms with E-state index >= 15 is 0 Å². The first-order chi connectivity index (χ1) is 8.30. The number of aldehydes is 1. The van der Waals surface area contributed by atoms with Crippen molar-refractivity contribution in [2.75, 3.05) is 0 Å². The molecule has 1 aromatic carbocycles. The van der Waals surface area contributed by atoms with Gasteiger partial charge in [0.25, 0.3) is 0 Å². The number of hydrogen-bond acceptors (Lipinski definition) is 4. The number of fused-ring (bicyclic) bond motifs is 1. The molecule has 1 heterocycles. The van der Waals surface area contributed by atoms with E-state index in [1.54, 1.807) is 6.07 Å². The Morgan fingerprint density at radius 1 is 1.33 bits per heavy atom. The van der Waals surface area contributed by atoms with Crippen molar-refractivity contribution >= 4 is 22.2 Å². The van der Waals surface area contributed by atoms with Crippen molar-refractivity contribution in [2.45, 2.75) is 31.6 Å². The lowest BCUT2D eigenvalue weighted by atomic mass is 9.94. The summed E-state index contributed by atoms with van der Waals surface area (Å²) in [7, 11) is -3.64. The Bertz CT molecular complexity index is 667. The van der Waals surface area contributed by atoms with Crippen molar-refractivity contribution in [2.24, 2.45) is 0 Å². The van der Waals surface area contributed by atoms with Crippen LogP contribution < -0.4 is 0 Å². The van der Waals surface area contributed by atoms with Gasteiger partial charge in [0.2, 0.25) is 9.84 Å². The second kappa shape index (κ2) is 3.95. The van der Waals surface area contributed by atoms with Gasteiger partial charge in [-0.05, 0) is 36.1 Å². The van der Waals surface area contributed by atoms with Crippen LogP contribution in [0, 0.1) is 0 Å². The molecule has 0 saturated heterocycles. The summed E-state index contributed by atoms with van der Waals surface area (Å²) in [5, 5.41) is 10.0. The van der Waals surface area contributed by atoms with Gasteiger partial charge in [-0.15, -0.1) is 0 Å². The topological polar surface area (TPSA) is 71.4 Å². The number of carbonyl (C=O) groups is 1. The first-order valence-electron chi connectivity index (χ1n) is 5.59. The number of carbonyl (C=O) groups excluding carboxylic acids is 1. The zero-order valence-electron chi connectivity index (χ0n) is 10.4. The summed E-state index contributed by atoms with van der Waals surface area (Å²) >= 11 is 0. The lowest BCUT2D eigenvalue weighted by Crippen LogP contribution is -2.04. The zero-order valence-corrected chi connectivity index (χ0v) is 11.2. The van der Waals surface area contributed by atoms with Crippen LogP contribution in [-0.2, 0) is 9.84 Å². The molecule has 96 valence electrons. The van der Waals surface area contributed by atoms with E-state index in [4.69, 9.17) is 0 Å². The Hall–Kier alpha value is -1.62. The molecule has 5 heteroatoms. The summed E-state index contributed by atoms with van der Waals surface area (Å²) in [6.07, 6.45) is 2.03. The monoisotopic (exact) mass is 266 g/mol. The normalized spacial score (nSPS) is 16.6. The second-order valence-corrected chi connectivity index (χ2v) is 6.74. The third-order valence-electron chi connectivity index (χ3n) is 3.15. The molecule has 0 bridgehead atoms. The van der Waals surface area contributed by atoms with E-state index in [1.165, 1.54) is 13.0 Å². The van der Waals surface area contributed by atoms with E-state index in [0.29, 0.717) is 17.4 Å². The zero-order chi connectivity index (χ0) is 13.7. The van der Waals surface area contributed by atoms with Crippen LogP contribution in [0.1, 0.15) is 48.2 Å². The third-order valence-corrected chi connectivity index (χ3v) is 5.08. The van der Waals surface area contributed by atoms with Crippen LogP contribution in [-0.4, -0.2) is 19.8 Å². The van der Waals surface area contributed by atoms with Crippen LogP contribution in [0.2, 0.25) is 0 Å². The molecule has 0 amide bonds. The van der Waals surface area contributed by atoms with Crippen molar-refractivity contribution in [3.05, 3.63) is 27.7 Å². The molecule has 0 aromatic heterocycles. The predicted molar refractivity (Wildman–Crippen MR) is 68.4 cm³/mol. The second-order valence-electron chi connectivity index (χ2n) is 4.68. The minimum atomic E-state index is -3.64. The number of rotatable bonds is 2. The van der Waals surface area contributed by atoms with Gasteiger partial charge in [0.05, 0.1) is 5.56 Å². The summed E-state index contributed by atoms with van der Waals surface area (Å²) in [5.74, 6) is -0.405. The van der Waals surface area contributed by atoms with Crippen LogP contribution in [0.5, 0.6) is 5.75 Å². The molecule has 0 unspecified atom stereocenters. The Morgan fingerprint density at radius 2 is 1.94 bits per heavy atom. The molecule has 1 N–H and O–H groups in total. The maximum absolute atomic E-state index is 12.0. The Balaban J connectivity index is 2.89. The molecule has 0 aliphatic carbocycles. The standard InChI is InChI=1S/C13H14O4S/c1-7(2)10-5-9-4-8(3)18(16,17)13(9)12(15)11(10)6-14/h4-7,15H,1-3H3. The van der Waals surface area contributed by atoms with Gasteiger partial charge in [0.15, 0.2) is 6.29 Å². The average Bonchev–Trinajstić information content (AvgIpc) is 2.49. The highest BCUT2D eigenvalue weighted by molar-refractivity contribution is 7.95. The Kier molecular flexibility index (Phi) is 2.81. The number of phenolic OH excluding ortho intramolecular Hbond substituents is 1. The van der Waals surface area contributed by atoms with Gasteiger partial charge in [-0.3, -0.25) is 4.79 Å². The van der Waals surface area contributed by atoms with E-state index in [9.17, 15) is 18.3 Å². The molecule has 1 aliphatic rings. The number of allylic oxidation sites excluding steroid dienone is 1. The highest BCUT2D eigenvalue weighted by atomic mass is 32.2. The summed E-state index contributed by atoms with van der Waals surface area (Å²) in [6.45, 7) is 5.24. The largest absolute Gasteiger partial charge is 0.506 e. The lowest BCUT2D eigenvalue weighted by molar-refractivity contribution is 0.111. The molecule has 0 radical (unpaired) electrons. The quantitative estimate of drug-likeness (QED) is 0.835. The van der Waals surface area contributed by atoms with E-state index in [-0.39, 0.29) is 21.3 Å². The number of aromatic hydroxyl groups is 1. The molecular weight excluding hydrogens is 252 g/mol. The molecule has 0 fully saturated rings. The van der Waals surface area contributed by atoms with Gasteiger partial charge < -0.3 is 5.11 Å². The first-order valence-corrected chi connectivity index (χ1v) is 7.07. The van der Waals surface area contributed by atoms with E-state index in [0.717, 1.165) is 0 Å². The van der Waals surface area contributed by atoms with Gasteiger partial charge in [-0.1, -0.05) is 13.8 Å². The molecule has 0 atom stereocenters. The van der Waals surface area contributed by atoms with Crippen LogP contribution in [0.4, 0.5) is 0 Å². The van der Waals surface area contributed by atoms with Crippen molar-refractivity contribution in [3.8, 4) is 5.75 Å². The summed E-state index contributed by atoms with van der Waals surface area (Å²) < 4.78 is 24.0. The van der Waals surface area contributed by atoms with Gasteiger partial charge >= 0.3 is 0 Å². The smallest absolute Gasteiger partial charge is 0.206 e. The molecule has 18 heavy (non-hydrogen) atoms. The van der Waals surface area contributed by atoms with E-state index in [2.05, 4.69) is 0 Å². The molecule has 0 spiro atoms. The Morgan fingerprint density at radius 3 is 2.44 bits per heavy atom. The molecule has 1 aromatic rings. The lowest BCUT2D eigenvalue weighted by Gasteiger charge is -2.13. The highest BCUT2D eigenvalue weighted by Gasteiger charge is 2.33. The molecule has 1 aliphatic heterocycles. The summed E-state index contributed by atoms with van der Waals surface area (Å²) in [4.78, 5) is 11.1. The van der Waals surface area contributed by atoms with Crippen LogP contribution in [0.15, 0.2) is 15.9 Å². The summed E-state index contributed by atoms with van der Waals surface area (Å²) in [5.41, 5.74) is 1.18. The number of benzene rings is 1. The minimum Gasteiger partial charge on any atom is -0.506 e. The van der Waals surface area contributed by atoms with E-state index < -0.39 is 15.6 Å². The maximum Gasteiger partial charge on any atom is 0.206 e. The molecule has 4 nitrogen and oxygen atoms in total. The Labute approximate surface area is 106 Å². The fraction of sp³-hybridized carbons (Fsp3) is 0.308. The maximum atomic E-state index is 12.0. The molecule has 2 rings (SSSR count). The van der Waals surface area contributed by atoms with Crippen LogP contribution in [0.3, 0.4) is 0 Å². The van der Waals surface area contributed by atoms with Gasteiger partial charge in [0, 0.05) is 4.91 Å². The van der Waals surface area contributed by atoms with Crippen molar-refractivity contribution in [1.82, 2.24) is 0 Å². The van der Waals surface area contributed by atoms with Gasteiger partial charge in [0.1, 0.15) is 10.6 Å². The van der Waals surface area contributed by atoms with Crippen molar-refractivity contribution in [1.29, 1.82) is 0 Å². The fourth-order valence-electron chi connectivity index (χ4n) is 2.16. The van der Waals surface area contributed by atoms with Gasteiger partial charge in [-0.2, -0.15) is 0 Å². The summed E-state index contributed by atoms with van der Waals surface area (Å²) in [6, 6.07) is 1.66. The number of phenols is 1. The first kappa shape index (κ1) is 12.8. The number of sulfone groups is 1. The van der Waals surface area contributed by atoms with Crippen LogP contribution >= 0.6 is 0 Å². The van der Waals surface area contributed by atoms with Crippen molar-refractivity contribution in [3.63, 3.8) is 0 Å². The fourth-order valence-corrected chi connectivity index (χ4v) is 3.55. The predicted octanol–water partition coefficient (Wildman–Crippen LogP) is 2.48. The van der Waals surface area contributed by atoms with Gasteiger partial charge in [-0.25, -0.2) is 8.42 Å². The third kappa shape index (κ3) is 1.58.